The van der Waals surface area contributed by atoms with E-state index in [1.54, 1.807) is 0 Å². The molecule has 9 aromatic carbocycles. The summed E-state index contributed by atoms with van der Waals surface area (Å²) in [7, 11) is 0. The third-order valence-electron chi connectivity index (χ3n) is 8.79. The third kappa shape index (κ3) is 4.03. The molecule has 0 atom stereocenters. The van der Waals surface area contributed by atoms with Gasteiger partial charge in [0, 0.05) is 10.8 Å². The van der Waals surface area contributed by atoms with Gasteiger partial charge in [0.25, 0.3) is 0 Å². The minimum absolute atomic E-state index is 0.0163. The van der Waals surface area contributed by atoms with E-state index in [2.05, 4.69) is 24.3 Å². The Hall–Kier alpha value is -6.18. The van der Waals surface area contributed by atoms with Crippen LogP contribution in [-0.2, 0) is 0 Å². The normalized spacial score (nSPS) is 15.7. The fraction of sp³-hybridized carbons (Fsp3) is 0. The van der Waals surface area contributed by atoms with E-state index in [9.17, 15) is 9.60 Å². The van der Waals surface area contributed by atoms with Crippen LogP contribution in [0.5, 0.6) is 0 Å². The van der Waals surface area contributed by atoms with Crippen LogP contribution < -0.4 is 0 Å². The highest BCUT2D eigenvalue weighted by Gasteiger charge is 2.17. The lowest BCUT2D eigenvalue weighted by Crippen LogP contribution is -1.91. The van der Waals surface area contributed by atoms with Crippen molar-refractivity contribution in [2.24, 2.45) is 0 Å². The van der Waals surface area contributed by atoms with Crippen LogP contribution >= 0.6 is 0 Å². The van der Waals surface area contributed by atoms with Gasteiger partial charge in [0.2, 0.25) is 0 Å². The van der Waals surface area contributed by atoms with Gasteiger partial charge in [-0.05, 0) is 101 Å². The molecule has 0 spiro atoms. The van der Waals surface area contributed by atoms with Gasteiger partial charge in [-0.2, -0.15) is 0 Å². The molecule has 0 aliphatic carbocycles. The number of hydrogen-bond acceptors (Lipinski definition) is 1. The van der Waals surface area contributed by atoms with Crippen LogP contribution in [0.25, 0.3) is 98.4 Å². The van der Waals surface area contributed by atoms with Crippen molar-refractivity contribution in [1.82, 2.24) is 0 Å². The molecule has 0 saturated carbocycles. The molecule has 0 saturated heterocycles. The maximum atomic E-state index is 9.49. The van der Waals surface area contributed by atoms with Crippen molar-refractivity contribution in [3.05, 3.63) is 170 Å². The summed E-state index contributed by atoms with van der Waals surface area (Å²) in [6.07, 6.45) is 0. The summed E-state index contributed by atoms with van der Waals surface area (Å²) in [4.78, 5) is 0. The number of benzene rings is 9. The van der Waals surface area contributed by atoms with E-state index in [1.807, 2.05) is 66.7 Å². The molecule has 10 rings (SSSR count). The second-order valence-corrected chi connectivity index (χ2v) is 11.4. The second-order valence-electron chi connectivity index (χ2n) is 11.4. The molecule has 1 heteroatoms. The topological polar surface area (TPSA) is 13.1 Å². The van der Waals surface area contributed by atoms with Crippen LogP contribution in [0.2, 0.25) is 0 Å². The van der Waals surface area contributed by atoms with Gasteiger partial charge in [0.05, 0.1) is 17.8 Å². The Labute approximate surface area is 290 Å². The van der Waals surface area contributed by atoms with Crippen molar-refractivity contribution in [3.63, 3.8) is 0 Å². The van der Waals surface area contributed by atoms with E-state index in [1.165, 1.54) is 0 Å². The minimum Gasteiger partial charge on any atom is -0.456 e. The highest BCUT2D eigenvalue weighted by molar-refractivity contribution is 6.22. The zero-order valence-electron chi connectivity index (χ0n) is 37.6. The van der Waals surface area contributed by atoms with Crippen molar-refractivity contribution >= 4 is 65.0 Å². The van der Waals surface area contributed by atoms with Gasteiger partial charge >= 0.3 is 0 Å². The first-order chi connectivity index (χ1) is 28.7. The molecule has 1 heterocycles. The van der Waals surface area contributed by atoms with E-state index >= 15 is 0 Å². The number of rotatable bonds is 3. The summed E-state index contributed by atoms with van der Waals surface area (Å²) < 4.78 is 123. The zero-order valence-corrected chi connectivity index (χ0v) is 24.6. The summed E-state index contributed by atoms with van der Waals surface area (Å²) in [6.45, 7) is 0. The van der Waals surface area contributed by atoms with Crippen molar-refractivity contribution in [3.8, 4) is 33.4 Å². The van der Waals surface area contributed by atoms with E-state index in [4.69, 9.17) is 12.6 Å². The average Bonchev–Trinajstić information content (AvgIpc) is 3.66. The van der Waals surface area contributed by atoms with Crippen molar-refractivity contribution in [2.75, 3.05) is 0 Å². The molecule has 0 unspecified atom stereocenters. The van der Waals surface area contributed by atoms with Gasteiger partial charge in [-0.3, -0.25) is 0 Å². The third-order valence-corrected chi connectivity index (χ3v) is 8.79. The smallest absolute Gasteiger partial charge is 0.136 e. The van der Waals surface area contributed by atoms with Crippen molar-refractivity contribution in [1.29, 1.82) is 0 Å². The van der Waals surface area contributed by atoms with E-state index < -0.39 is 89.7 Å². The van der Waals surface area contributed by atoms with Gasteiger partial charge in [0.1, 0.15) is 11.2 Å². The highest BCUT2D eigenvalue weighted by Crippen LogP contribution is 2.44. The first-order valence-corrected chi connectivity index (χ1v) is 15.1. The predicted molar refractivity (Wildman–Crippen MR) is 200 cm³/mol. The van der Waals surface area contributed by atoms with Crippen LogP contribution in [0, 0.1) is 0 Å². The summed E-state index contributed by atoms with van der Waals surface area (Å²) in [5.74, 6) is 0. The molecule has 218 valence electrons. The Kier molecular flexibility index (Phi) is 3.55. The van der Waals surface area contributed by atoms with Gasteiger partial charge in [-0.1, -0.05) is 145 Å². The monoisotopic (exact) mass is 609 g/mol. The van der Waals surface area contributed by atoms with Crippen LogP contribution in [0.4, 0.5) is 0 Å². The SMILES string of the molecule is [2H]c1c([2H])c(-c2c3ccccc3c(-c3ccc4ccccc4c3)c3ccccc23)c([2H])c([2H])c1-c1c([2H])c([2H])c2c(oc3c([2H])c([2H])c4c([2H])c([2H])c([2H])c([2H])c4c32)c1[2H]. The Morgan fingerprint density at radius 1 is 0.383 bits per heavy atom. The summed E-state index contributed by atoms with van der Waals surface area (Å²) in [5, 5.41) is 4.39. The first kappa shape index (κ1) is 16.4. The highest BCUT2D eigenvalue weighted by atomic mass is 16.3. The van der Waals surface area contributed by atoms with Gasteiger partial charge in [-0.15, -0.1) is 0 Å². The molecule has 10 aromatic rings. The molecule has 0 N–H and O–H groups in total. The molecule has 0 bridgehead atoms. The second kappa shape index (κ2) is 10.2. The summed E-state index contributed by atoms with van der Waals surface area (Å²) >= 11 is 0. The van der Waals surface area contributed by atoms with Gasteiger partial charge in [0.15, 0.2) is 0 Å². The zero-order chi connectivity index (χ0) is 42.2. The number of furan rings is 1. The molecule has 0 aliphatic heterocycles. The first-order valence-electron chi connectivity index (χ1n) is 21.6. The molecular weight excluding hydrogens is 569 g/mol. The average molecular weight is 610 g/mol. The maximum absolute atomic E-state index is 9.49. The van der Waals surface area contributed by atoms with Crippen LogP contribution in [0.15, 0.2) is 174 Å². The Bertz CT molecular complexity index is 3510. The van der Waals surface area contributed by atoms with Gasteiger partial charge < -0.3 is 4.42 Å². The Balaban J connectivity index is 1.26. The van der Waals surface area contributed by atoms with Crippen LogP contribution in [0.1, 0.15) is 17.8 Å². The van der Waals surface area contributed by atoms with E-state index in [0.717, 1.165) is 32.7 Å². The van der Waals surface area contributed by atoms with Crippen molar-refractivity contribution in [2.45, 2.75) is 0 Å². The lowest BCUT2D eigenvalue weighted by Gasteiger charge is -2.18. The molecule has 0 aliphatic rings. The molecule has 0 amide bonds. The lowest BCUT2D eigenvalue weighted by molar-refractivity contribution is 0.669. The molecule has 47 heavy (non-hydrogen) atoms. The Morgan fingerprint density at radius 3 is 1.74 bits per heavy atom. The Morgan fingerprint density at radius 2 is 1.00 bits per heavy atom. The van der Waals surface area contributed by atoms with Crippen LogP contribution in [0.3, 0.4) is 0 Å². The van der Waals surface area contributed by atoms with E-state index in [0.29, 0.717) is 16.3 Å². The fourth-order valence-electron chi connectivity index (χ4n) is 6.69. The van der Waals surface area contributed by atoms with Gasteiger partial charge in [-0.25, -0.2) is 0 Å². The molecule has 1 nitrogen and oxygen atoms in total. The number of fused-ring (bicyclic) bond motifs is 8. The van der Waals surface area contributed by atoms with E-state index in [-0.39, 0.29) is 38.3 Å². The maximum Gasteiger partial charge on any atom is 0.136 e. The molecule has 1 aromatic heterocycles. The predicted octanol–water partition coefficient (Wildman–Crippen LogP) is 13.2. The van der Waals surface area contributed by atoms with Crippen LogP contribution in [-0.4, -0.2) is 0 Å². The van der Waals surface area contributed by atoms with Crippen molar-refractivity contribution < 1.29 is 22.2 Å². The lowest BCUT2D eigenvalue weighted by atomic mass is 9.85. The standard InChI is InChI=1S/C46H28O/c1-2-11-33-27-35(22-19-29(33)9-1)45-39-15-7-5-13-37(39)44(38-14-6-8-16-40(38)45)32-20-17-30(18-21-32)34-23-25-41-43(28-34)47-42-26-24-31-10-3-4-12-36(31)46(41)42/h1-28H/i3D,4D,10D,12D,17D,18D,20D,21D,23D,24D,25D,26D,28D. The minimum atomic E-state index is -0.644. The molecule has 0 fully saturated rings. The fourth-order valence-corrected chi connectivity index (χ4v) is 6.69. The quantitative estimate of drug-likeness (QED) is 0.182. The number of hydrogen-bond donors (Lipinski definition) is 0. The summed E-state index contributed by atoms with van der Waals surface area (Å²) in [6, 6.07) is 22.4. The molecular formula is C46H28O. The summed E-state index contributed by atoms with van der Waals surface area (Å²) in [5.41, 5.74) is 0.890. The largest absolute Gasteiger partial charge is 0.456 e. The molecule has 0 radical (unpaired) electrons.